The van der Waals surface area contributed by atoms with Gasteiger partial charge in [-0.05, 0) is 67.6 Å². The van der Waals surface area contributed by atoms with E-state index in [1.165, 1.54) is 12.1 Å². The molecule has 1 amide bonds. The van der Waals surface area contributed by atoms with Crippen molar-refractivity contribution in [2.45, 2.75) is 32.2 Å². The molecule has 0 bridgehead atoms. The number of methoxy groups -OCH3 is 1. The highest BCUT2D eigenvalue weighted by Crippen LogP contribution is 2.34. The van der Waals surface area contributed by atoms with E-state index in [0.717, 1.165) is 41.4 Å². The Kier molecular flexibility index (Phi) is 7.69. The van der Waals surface area contributed by atoms with Gasteiger partial charge in [-0.15, -0.1) is 5.10 Å². The van der Waals surface area contributed by atoms with Crippen LogP contribution in [0.25, 0.3) is 22.0 Å². The fraction of sp³-hybridized carbons (Fsp3) is 0.357. The number of nitrogens with one attached hydrogen (secondary N) is 1. The monoisotopic (exact) mass is 536 g/mol. The number of aryl methyl sites for hydroxylation is 2. The molecular weight excluding hydrogens is 507 g/mol. The van der Waals surface area contributed by atoms with E-state index in [-0.39, 0.29) is 11.6 Å². The number of rotatable bonds is 7. The van der Waals surface area contributed by atoms with Gasteiger partial charge in [0.25, 0.3) is 5.91 Å². The molecule has 0 unspecified atom stereocenters. The summed E-state index contributed by atoms with van der Waals surface area (Å²) in [4.78, 5) is 20.4. The fourth-order valence-corrected chi connectivity index (χ4v) is 5.46. The first kappa shape index (κ1) is 26.2. The SMILES string of the molecule is COCCc1c(-c2ccc(C(=O)N(c3nccc4cc(Cl)cc(C)c34)[C@@H]3CCCNC3)c(F)c2)nnn1C. The standard InChI is InChI=1S/C28H30ClFN6O2/c1-17-13-20(29)14-18-8-11-32-27(25(17)18)36(21-5-4-10-31-16-21)28(37)22-7-6-19(15-23(22)30)26-24(9-12-38-3)35(2)34-33-26/h6-8,11,13-15,21,31H,4-5,9-10,12,16H2,1-3H3/t21-/m1/s1. The molecule has 1 atom stereocenters. The third-order valence-corrected chi connectivity index (χ3v) is 7.27. The van der Waals surface area contributed by atoms with Gasteiger partial charge >= 0.3 is 0 Å². The number of pyridine rings is 1. The molecule has 2 aromatic carbocycles. The second kappa shape index (κ2) is 11.1. The van der Waals surface area contributed by atoms with Crippen molar-refractivity contribution in [1.29, 1.82) is 0 Å². The number of anilines is 1. The van der Waals surface area contributed by atoms with E-state index in [1.807, 2.05) is 25.1 Å². The van der Waals surface area contributed by atoms with Gasteiger partial charge in [-0.2, -0.15) is 0 Å². The molecule has 1 saturated heterocycles. The number of aromatic nitrogens is 4. The van der Waals surface area contributed by atoms with E-state index in [4.69, 9.17) is 16.3 Å². The van der Waals surface area contributed by atoms with Crippen LogP contribution < -0.4 is 10.2 Å². The van der Waals surface area contributed by atoms with E-state index >= 15 is 4.39 Å². The zero-order valence-electron chi connectivity index (χ0n) is 21.7. The number of carbonyl (C=O) groups is 1. The van der Waals surface area contributed by atoms with E-state index in [2.05, 4.69) is 20.6 Å². The zero-order valence-corrected chi connectivity index (χ0v) is 22.4. The van der Waals surface area contributed by atoms with Gasteiger partial charge in [0.05, 0.1) is 23.9 Å². The fourth-order valence-electron chi connectivity index (χ4n) is 5.18. The van der Waals surface area contributed by atoms with Crippen molar-refractivity contribution in [3.8, 4) is 11.3 Å². The summed E-state index contributed by atoms with van der Waals surface area (Å²) in [5.74, 6) is -0.546. The van der Waals surface area contributed by atoms with E-state index < -0.39 is 11.7 Å². The van der Waals surface area contributed by atoms with Gasteiger partial charge < -0.3 is 10.1 Å². The third-order valence-electron chi connectivity index (χ3n) is 7.05. The number of halogens is 2. The first-order valence-corrected chi connectivity index (χ1v) is 13.0. The normalized spacial score (nSPS) is 15.7. The Bertz CT molecular complexity index is 1480. The van der Waals surface area contributed by atoms with Crippen LogP contribution in [0.5, 0.6) is 0 Å². The number of amides is 1. The lowest BCUT2D eigenvalue weighted by Crippen LogP contribution is -2.49. The smallest absolute Gasteiger partial charge is 0.262 e. The predicted molar refractivity (Wildman–Crippen MR) is 146 cm³/mol. The van der Waals surface area contributed by atoms with Gasteiger partial charge in [0.1, 0.15) is 17.3 Å². The van der Waals surface area contributed by atoms with E-state index in [1.54, 1.807) is 36.0 Å². The molecule has 198 valence electrons. The summed E-state index contributed by atoms with van der Waals surface area (Å²) in [7, 11) is 3.41. The minimum Gasteiger partial charge on any atom is -0.384 e. The zero-order chi connectivity index (χ0) is 26.8. The highest BCUT2D eigenvalue weighted by atomic mass is 35.5. The second-order valence-corrected chi connectivity index (χ2v) is 10.0. The minimum atomic E-state index is -0.621. The van der Waals surface area contributed by atoms with Crippen molar-refractivity contribution in [2.75, 3.05) is 31.7 Å². The molecule has 1 N–H and O–H groups in total. The van der Waals surface area contributed by atoms with Crippen molar-refractivity contribution in [2.24, 2.45) is 7.05 Å². The summed E-state index contributed by atoms with van der Waals surface area (Å²) < 4.78 is 22.5. The first-order valence-electron chi connectivity index (χ1n) is 12.7. The molecule has 38 heavy (non-hydrogen) atoms. The predicted octanol–water partition coefficient (Wildman–Crippen LogP) is 4.72. The molecular formula is C28H30ClFN6O2. The lowest BCUT2D eigenvalue weighted by atomic mass is 10.00. The van der Waals surface area contributed by atoms with Crippen LogP contribution in [0.1, 0.15) is 34.5 Å². The molecule has 5 rings (SSSR count). The Morgan fingerprint density at radius 2 is 2.13 bits per heavy atom. The van der Waals surface area contributed by atoms with Gasteiger partial charge in [-0.3, -0.25) is 14.4 Å². The van der Waals surface area contributed by atoms with E-state index in [9.17, 15) is 4.79 Å². The molecule has 3 heterocycles. The van der Waals surface area contributed by atoms with Crippen molar-refractivity contribution < 1.29 is 13.9 Å². The summed E-state index contributed by atoms with van der Waals surface area (Å²) in [5, 5.41) is 14.0. The Morgan fingerprint density at radius 3 is 2.87 bits per heavy atom. The topological polar surface area (TPSA) is 85.2 Å². The molecule has 8 nitrogen and oxygen atoms in total. The highest BCUT2D eigenvalue weighted by molar-refractivity contribution is 6.31. The summed E-state index contributed by atoms with van der Waals surface area (Å²) >= 11 is 6.31. The van der Waals surface area contributed by atoms with Crippen LogP contribution in [-0.2, 0) is 18.2 Å². The molecule has 0 spiro atoms. The van der Waals surface area contributed by atoms with Crippen LogP contribution in [0.4, 0.5) is 10.2 Å². The Labute approximate surface area is 225 Å². The third kappa shape index (κ3) is 5.01. The van der Waals surface area contributed by atoms with Gasteiger partial charge in [-0.1, -0.05) is 22.9 Å². The summed E-state index contributed by atoms with van der Waals surface area (Å²) in [5.41, 5.74) is 2.83. The van der Waals surface area contributed by atoms with Gasteiger partial charge in [0, 0.05) is 49.3 Å². The van der Waals surface area contributed by atoms with Gasteiger partial charge in [0.15, 0.2) is 0 Å². The molecule has 0 radical (unpaired) electrons. The van der Waals surface area contributed by atoms with Crippen molar-refractivity contribution in [3.05, 3.63) is 70.3 Å². The molecule has 1 aliphatic heterocycles. The number of benzene rings is 2. The Morgan fingerprint density at radius 1 is 1.29 bits per heavy atom. The summed E-state index contributed by atoms with van der Waals surface area (Å²) in [6.45, 7) is 3.90. The maximum Gasteiger partial charge on any atom is 0.262 e. The highest BCUT2D eigenvalue weighted by Gasteiger charge is 2.32. The van der Waals surface area contributed by atoms with Crippen LogP contribution in [-0.4, -0.2) is 58.7 Å². The Hall–Kier alpha value is -3.40. The number of carbonyl (C=O) groups excluding carboxylic acids is 1. The number of ether oxygens (including phenoxy) is 1. The lowest BCUT2D eigenvalue weighted by molar-refractivity contribution is 0.0968. The summed E-state index contributed by atoms with van der Waals surface area (Å²) in [6, 6.07) is 10.0. The number of fused-ring (bicyclic) bond motifs is 1. The average molecular weight is 537 g/mol. The van der Waals surface area contributed by atoms with Crippen molar-refractivity contribution in [3.63, 3.8) is 0 Å². The van der Waals surface area contributed by atoms with Crippen LogP contribution in [0.2, 0.25) is 5.02 Å². The van der Waals surface area contributed by atoms with Crippen LogP contribution in [0, 0.1) is 12.7 Å². The number of piperidine rings is 1. The van der Waals surface area contributed by atoms with Gasteiger partial charge in [0.2, 0.25) is 0 Å². The number of nitrogens with zero attached hydrogens (tertiary/aromatic N) is 5. The maximum atomic E-state index is 15.7. The van der Waals surface area contributed by atoms with Crippen LogP contribution >= 0.6 is 11.6 Å². The van der Waals surface area contributed by atoms with Crippen molar-refractivity contribution in [1.82, 2.24) is 25.3 Å². The van der Waals surface area contributed by atoms with Gasteiger partial charge in [-0.25, -0.2) is 9.37 Å². The molecule has 1 fully saturated rings. The quantitative estimate of drug-likeness (QED) is 0.368. The molecule has 2 aromatic heterocycles. The van der Waals surface area contributed by atoms with Crippen LogP contribution in [0.15, 0.2) is 42.6 Å². The lowest BCUT2D eigenvalue weighted by Gasteiger charge is -2.35. The largest absolute Gasteiger partial charge is 0.384 e. The molecule has 1 aliphatic rings. The van der Waals surface area contributed by atoms with Crippen molar-refractivity contribution >= 4 is 34.1 Å². The second-order valence-electron chi connectivity index (χ2n) is 9.58. The maximum absolute atomic E-state index is 15.7. The molecule has 0 aliphatic carbocycles. The molecule has 0 saturated carbocycles. The number of hydrogen-bond acceptors (Lipinski definition) is 6. The summed E-state index contributed by atoms with van der Waals surface area (Å²) in [6.07, 6.45) is 3.93. The Balaban J connectivity index is 1.57. The van der Waals surface area contributed by atoms with Crippen LogP contribution in [0.3, 0.4) is 0 Å². The average Bonchev–Trinajstić information content (AvgIpc) is 3.27. The minimum absolute atomic E-state index is 0.0212. The molecule has 4 aromatic rings. The number of hydrogen-bond donors (Lipinski definition) is 1. The molecule has 10 heteroatoms. The van der Waals surface area contributed by atoms with E-state index in [0.29, 0.717) is 41.7 Å². The first-order chi connectivity index (χ1) is 18.4.